The van der Waals surface area contributed by atoms with Gasteiger partial charge in [-0.2, -0.15) is 18.2 Å². The molecule has 8 nitrogen and oxygen atoms in total. The van der Waals surface area contributed by atoms with Gasteiger partial charge in [0.15, 0.2) is 0 Å². The standard InChI is InChI=1S/C21H24F3N7O/c1-14-17(15(2)31-20(26-14)27-19(28-31)21(22,23)24)3-4-18(32)30-11-9-29(10-12-30)13-16-5-7-25-8-6-16/h5-8H,3-4,9-13H2,1-2H3. The predicted octanol–water partition coefficient (Wildman–Crippen LogP) is 2.43. The highest BCUT2D eigenvalue weighted by atomic mass is 19.4. The Labute approximate surface area is 183 Å². The maximum absolute atomic E-state index is 12.9. The maximum atomic E-state index is 12.9. The Kier molecular flexibility index (Phi) is 6.09. The van der Waals surface area contributed by atoms with Gasteiger partial charge in [0, 0.05) is 62.9 Å². The van der Waals surface area contributed by atoms with E-state index in [1.165, 1.54) is 5.56 Å². The number of halogens is 3. The Morgan fingerprint density at radius 2 is 1.75 bits per heavy atom. The van der Waals surface area contributed by atoms with E-state index in [0.29, 0.717) is 30.9 Å². The van der Waals surface area contributed by atoms with Crippen LogP contribution in [0.25, 0.3) is 5.78 Å². The number of carbonyl (C=O) groups is 1. The van der Waals surface area contributed by atoms with Crippen LogP contribution in [-0.2, 0) is 23.9 Å². The van der Waals surface area contributed by atoms with Crippen LogP contribution in [-0.4, -0.2) is 66.5 Å². The van der Waals surface area contributed by atoms with Crippen LogP contribution in [0.4, 0.5) is 13.2 Å². The zero-order chi connectivity index (χ0) is 22.9. The van der Waals surface area contributed by atoms with Crippen molar-refractivity contribution in [1.82, 2.24) is 34.4 Å². The van der Waals surface area contributed by atoms with Crippen molar-refractivity contribution in [2.45, 2.75) is 39.4 Å². The molecule has 0 radical (unpaired) electrons. The van der Waals surface area contributed by atoms with Gasteiger partial charge >= 0.3 is 6.18 Å². The molecule has 1 amide bonds. The van der Waals surface area contributed by atoms with Crippen LogP contribution >= 0.6 is 0 Å². The number of carbonyl (C=O) groups excluding carboxylic acids is 1. The lowest BCUT2D eigenvalue weighted by atomic mass is 10.1. The smallest absolute Gasteiger partial charge is 0.340 e. The number of pyridine rings is 1. The van der Waals surface area contributed by atoms with Crippen LogP contribution in [0.15, 0.2) is 24.5 Å². The number of rotatable bonds is 5. The Morgan fingerprint density at radius 1 is 1.06 bits per heavy atom. The quantitative estimate of drug-likeness (QED) is 0.598. The van der Waals surface area contributed by atoms with Crippen molar-refractivity contribution in [3.05, 3.63) is 52.9 Å². The average Bonchev–Trinajstić information content (AvgIpc) is 3.19. The fourth-order valence-electron chi connectivity index (χ4n) is 3.98. The summed E-state index contributed by atoms with van der Waals surface area (Å²) >= 11 is 0. The van der Waals surface area contributed by atoms with Crippen molar-refractivity contribution < 1.29 is 18.0 Å². The molecule has 0 N–H and O–H groups in total. The van der Waals surface area contributed by atoms with Gasteiger partial charge in [0.1, 0.15) is 0 Å². The SMILES string of the molecule is Cc1nc2nc(C(F)(F)F)nn2c(C)c1CCC(=O)N1CCN(Cc2ccncc2)CC1. The number of aromatic nitrogens is 5. The highest BCUT2D eigenvalue weighted by molar-refractivity contribution is 5.76. The molecule has 32 heavy (non-hydrogen) atoms. The summed E-state index contributed by atoms with van der Waals surface area (Å²) in [6.07, 6.45) is -0.440. The summed E-state index contributed by atoms with van der Waals surface area (Å²) in [5.74, 6) is -1.28. The van der Waals surface area contributed by atoms with Gasteiger partial charge in [0.05, 0.1) is 0 Å². The lowest BCUT2D eigenvalue weighted by Crippen LogP contribution is -2.48. The maximum Gasteiger partial charge on any atom is 0.453 e. The van der Waals surface area contributed by atoms with Crippen molar-refractivity contribution in [3.8, 4) is 0 Å². The molecule has 0 spiro atoms. The van der Waals surface area contributed by atoms with Gasteiger partial charge in [0.2, 0.25) is 5.91 Å². The number of hydrogen-bond donors (Lipinski definition) is 0. The van der Waals surface area contributed by atoms with E-state index in [-0.39, 0.29) is 18.1 Å². The van der Waals surface area contributed by atoms with Crippen LogP contribution < -0.4 is 0 Å². The van der Waals surface area contributed by atoms with Gasteiger partial charge in [-0.25, -0.2) is 9.50 Å². The average molecular weight is 447 g/mol. The first kappa shape index (κ1) is 22.1. The summed E-state index contributed by atoms with van der Waals surface area (Å²) in [7, 11) is 0. The van der Waals surface area contributed by atoms with Crippen molar-refractivity contribution in [1.29, 1.82) is 0 Å². The molecule has 4 rings (SSSR count). The topological polar surface area (TPSA) is 79.5 Å². The lowest BCUT2D eigenvalue weighted by Gasteiger charge is -2.34. The molecular formula is C21H24F3N7O. The van der Waals surface area contributed by atoms with Gasteiger partial charge < -0.3 is 4.90 Å². The minimum absolute atomic E-state index is 0.0297. The Balaban J connectivity index is 1.37. The van der Waals surface area contributed by atoms with E-state index in [2.05, 4.69) is 25.0 Å². The van der Waals surface area contributed by atoms with Crippen LogP contribution in [0.2, 0.25) is 0 Å². The van der Waals surface area contributed by atoms with Crippen molar-refractivity contribution in [2.75, 3.05) is 26.2 Å². The molecule has 3 aromatic heterocycles. The normalized spacial score (nSPS) is 15.5. The fraction of sp³-hybridized carbons (Fsp3) is 0.476. The van der Waals surface area contributed by atoms with Gasteiger partial charge in [-0.3, -0.25) is 14.7 Å². The third-order valence-corrected chi connectivity index (χ3v) is 5.77. The summed E-state index contributed by atoms with van der Waals surface area (Å²) in [5.41, 5.74) is 2.99. The summed E-state index contributed by atoms with van der Waals surface area (Å²) in [5, 5.41) is 3.56. The molecule has 1 saturated heterocycles. The molecule has 0 bridgehead atoms. The van der Waals surface area contributed by atoms with E-state index in [0.717, 1.165) is 29.7 Å². The molecule has 0 aromatic carbocycles. The van der Waals surface area contributed by atoms with Gasteiger partial charge in [0.25, 0.3) is 11.6 Å². The molecule has 11 heteroatoms. The Bertz CT molecular complexity index is 1110. The first-order valence-electron chi connectivity index (χ1n) is 10.4. The molecule has 1 aliphatic heterocycles. The van der Waals surface area contributed by atoms with E-state index in [4.69, 9.17) is 0 Å². The van der Waals surface area contributed by atoms with Crippen molar-refractivity contribution in [3.63, 3.8) is 0 Å². The van der Waals surface area contributed by atoms with E-state index >= 15 is 0 Å². The number of aryl methyl sites for hydroxylation is 2. The molecular weight excluding hydrogens is 423 g/mol. The second-order valence-corrected chi connectivity index (χ2v) is 7.92. The lowest BCUT2D eigenvalue weighted by molar-refractivity contribution is -0.144. The molecule has 0 unspecified atom stereocenters. The van der Waals surface area contributed by atoms with E-state index in [9.17, 15) is 18.0 Å². The van der Waals surface area contributed by atoms with Crippen LogP contribution in [0.3, 0.4) is 0 Å². The minimum atomic E-state index is -4.64. The molecule has 0 aliphatic carbocycles. The number of fused-ring (bicyclic) bond motifs is 1. The first-order chi connectivity index (χ1) is 15.2. The van der Waals surface area contributed by atoms with E-state index < -0.39 is 12.0 Å². The molecule has 3 aromatic rings. The van der Waals surface area contributed by atoms with Crippen LogP contribution in [0, 0.1) is 13.8 Å². The second-order valence-electron chi connectivity index (χ2n) is 7.92. The van der Waals surface area contributed by atoms with Gasteiger partial charge in [-0.1, -0.05) is 0 Å². The monoisotopic (exact) mass is 447 g/mol. The number of amides is 1. The Morgan fingerprint density at radius 3 is 2.41 bits per heavy atom. The zero-order valence-corrected chi connectivity index (χ0v) is 17.9. The van der Waals surface area contributed by atoms with Crippen molar-refractivity contribution >= 4 is 11.7 Å². The summed E-state index contributed by atoms with van der Waals surface area (Å²) in [6, 6.07) is 3.97. The van der Waals surface area contributed by atoms with E-state index in [1.54, 1.807) is 26.2 Å². The number of alkyl halides is 3. The Hall–Kier alpha value is -3.08. The predicted molar refractivity (Wildman–Crippen MR) is 110 cm³/mol. The molecule has 1 aliphatic rings. The summed E-state index contributed by atoms with van der Waals surface area (Å²) in [4.78, 5) is 28.6. The number of piperazine rings is 1. The highest BCUT2D eigenvalue weighted by Crippen LogP contribution is 2.27. The fourth-order valence-corrected chi connectivity index (χ4v) is 3.98. The van der Waals surface area contributed by atoms with Crippen LogP contribution in [0.1, 0.15) is 34.8 Å². The first-order valence-corrected chi connectivity index (χ1v) is 10.4. The largest absolute Gasteiger partial charge is 0.453 e. The molecule has 0 atom stereocenters. The highest BCUT2D eigenvalue weighted by Gasteiger charge is 2.37. The number of nitrogens with zero attached hydrogens (tertiary/aromatic N) is 7. The van der Waals surface area contributed by atoms with Crippen LogP contribution in [0.5, 0.6) is 0 Å². The summed E-state index contributed by atoms with van der Waals surface area (Å²) < 4.78 is 39.9. The third kappa shape index (κ3) is 4.72. The third-order valence-electron chi connectivity index (χ3n) is 5.77. The number of hydrogen-bond acceptors (Lipinski definition) is 6. The molecule has 170 valence electrons. The van der Waals surface area contributed by atoms with Gasteiger partial charge in [-0.15, -0.1) is 5.10 Å². The zero-order valence-electron chi connectivity index (χ0n) is 17.9. The molecule has 1 fully saturated rings. The van der Waals surface area contributed by atoms with E-state index in [1.807, 2.05) is 17.0 Å². The summed E-state index contributed by atoms with van der Waals surface area (Å²) in [6.45, 7) is 7.10. The molecule has 0 saturated carbocycles. The van der Waals surface area contributed by atoms with Crippen molar-refractivity contribution in [2.24, 2.45) is 0 Å². The molecule has 4 heterocycles. The van der Waals surface area contributed by atoms with Gasteiger partial charge in [-0.05, 0) is 43.5 Å². The second kappa shape index (κ2) is 8.81. The minimum Gasteiger partial charge on any atom is -0.340 e.